The topological polar surface area (TPSA) is 61.6 Å². The van der Waals surface area contributed by atoms with Crippen LogP contribution in [0.5, 0.6) is 0 Å². The number of nitrogens with one attached hydrogen (secondary N) is 1. The van der Waals surface area contributed by atoms with E-state index < -0.39 is 0 Å². The van der Waals surface area contributed by atoms with Crippen molar-refractivity contribution in [1.29, 1.82) is 5.26 Å². The van der Waals surface area contributed by atoms with Gasteiger partial charge in [-0.2, -0.15) is 5.26 Å². The van der Waals surface area contributed by atoms with Gasteiger partial charge in [-0.25, -0.2) is 9.97 Å². The first-order chi connectivity index (χ1) is 6.29. The Balaban J connectivity index is 2.08. The van der Waals surface area contributed by atoms with Gasteiger partial charge in [0.25, 0.3) is 0 Å². The quantitative estimate of drug-likeness (QED) is 0.731. The summed E-state index contributed by atoms with van der Waals surface area (Å²) in [6.45, 7) is 2.17. The molecule has 4 nitrogen and oxygen atoms in total. The second-order valence-corrected chi connectivity index (χ2v) is 3.34. The second-order valence-electron chi connectivity index (χ2n) is 3.34. The van der Waals surface area contributed by atoms with Gasteiger partial charge in [0.05, 0.1) is 0 Å². The van der Waals surface area contributed by atoms with E-state index in [9.17, 15) is 0 Å². The standard InChI is InChI=1S/C9H10N4/c1-6-4-8(6)13-9-11-3-2-7(5-10)12-9/h2-3,6,8H,4H2,1H3,(H,11,12,13). The summed E-state index contributed by atoms with van der Waals surface area (Å²) < 4.78 is 0. The zero-order chi connectivity index (χ0) is 9.26. The predicted molar refractivity (Wildman–Crippen MR) is 47.9 cm³/mol. The Morgan fingerprint density at radius 2 is 2.46 bits per heavy atom. The summed E-state index contributed by atoms with van der Waals surface area (Å²) in [7, 11) is 0. The number of anilines is 1. The molecular formula is C9H10N4. The van der Waals surface area contributed by atoms with E-state index in [1.807, 2.05) is 6.07 Å². The molecule has 66 valence electrons. The molecular weight excluding hydrogens is 164 g/mol. The molecule has 1 N–H and O–H groups in total. The summed E-state index contributed by atoms with van der Waals surface area (Å²) in [5.74, 6) is 1.27. The van der Waals surface area contributed by atoms with Crippen LogP contribution in [-0.4, -0.2) is 16.0 Å². The van der Waals surface area contributed by atoms with Gasteiger partial charge in [-0.15, -0.1) is 0 Å². The summed E-state index contributed by atoms with van der Waals surface area (Å²) >= 11 is 0. The molecule has 1 fully saturated rings. The Hall–Kier alpha value is -1.63. The number of aromatic nitrogens is 2. The average Bonchev–Trinajstić information content (AvgIpc) is 2.82. The molecule has 0 aromatic carbocycles. The fourth-order valence-electron chi connectivity index (χ4n) is 1.18. The fourth-order valence-corrected chi connectivity index (χ4v) is 1.18. The van der Waals surface area contributed by atoms with E-state index in [0.717, 1.165) is 0 Å². The predicted octanol–water partition coefficient (Wildman–Crippen LogP) is 1.17. The van der Waals surface area contributed by atoms with Crippen LogP contribution >= 0.6 is 0 Å². The lowest BCUT2D eigenvalue weighted by atomic mass is 10.4. The molecule has 0 amide bonds. The van der Waals surface area contributed by atoms with E-state index in [2.05, 4.69) is 22.2 Å². The monoisotopic (exact) mass is 174 g/mol. The third kappa shape index (κ3) is 1.75. The number of hydrogen-bond donors (Lipinski definition) is 1. The molecule has 1 aromatic heterocycles. The van der Waals surface area contributed by atoms with Gasteiger partial charge in [0.2, 0.25) is 5.95 Å². The summed E-state index contributed by atoms with van der Waals surface area (Å²) in [4.78, 5) is 8.05. The maximum Gasteiger partial charge on any atom is 0.224 e. The molecule has 2 rings (SSSR count). The van der Waals surface area contributed by atoms with Crippen LogP contribution in [0.1, 0.15) is 19.0 Å². The highest BCUT2D eigenvalue weighted by molar-refractivity contribution is 5.32. The van der Waals surface area contributed by atoms with Crippen LogP contribution in [-0.2, 0) is 0 Å². The summed E-state index contributed by atoms with van der Waals surface area (Å²) in [5, 5.41) is 11.8. The fraction of sp³-hybridized carbons (Fsp3) is 0.444. The lowest BCUT2D eigenvalue weighted by molar-refractivity contribution is 0.913. The minimum Gasteiger partial charge on any atom is -0.351 e. The highest BCUT2D eigenvalue weighted by Crippen LogP contribution is 2.31. The molecule has 0 saturated heterocycles. The van der Waals surface area contributed by atoms with Crippen molar-refractivity contribution in [3.05, 3.63) is 18.0 Å². The van der Waals surface area contributed by atoms with Crippen LogP contribution in [0, 0.1) is 17.2 Å². The van der Waals surface area contributed by atoms with Gasteiger partial charge in [0.1, 0.15) is 11.8 Å². The maximum absolute atomic E-state index is 8.60. The number of nitrogens with zero attached hydrogens (tertiary/aromatic N) is 3. The first-order valence-electron chi connectivity index (χ1n) is 4.29. The van der Waals surface area contributed by atoms with Crippen molar-refractivity contribution in [2.24, 2.45) is 5.92 Å². The van der Waals surface area contributed by atoms with Gasteiger partial charge in [-0.1, -0.05) is 6.92 Å². The Morgan fingerprint density at radius 3 is 3.08 bits per heavy atom. The molecule has 0 aliphatic heterocycles. The van der Waals surface area contributed by atoms with Crippen molar-refractivity contribution < 1.29 is 0 Å². The van der Waals surface area contributed by atoms with Gasteiger partial charge in [-0.05, 0) is 18.4 Å². The smallest absolute Gasteiger partial charge is 0.224 e. The van der Waals surface area contributed by atoms with Crippen molar-refractivity contribution in [2.45, 2.75) is 19.4 Å². The van der Waals surface area contributed by atoms with E-state index in [4.69, 9.17) is 5.26 Å². The molecule has 2 atom stereocenters. The van der Waals surface area contributed by atoms with Crippen LogP contribution in [0.25, 0.3) is 0 Å². The first kappa shape index (κ1) is 7.99. The van der Waals surface area contributed by atoms with E-state index in [0.29, 0.717) is 23.6 Å². The van der Waals surface area contributed by atoms with Gasteiger partial charge in [0.15, 0.2) is 0 Å². The van der Waals surface area contributed by atoms with Crippen LogP contribution in [0.2, 0.25) is 0 Å². The zero-order valence-corrected chi connectivity index (χ0v) is 7.36. The van der Waals surface area contributed by atoms with E-state index in [-0.39, 0.29) is 0 Å². The molecule has 1 aliphatic rings. The molecule has 13 heavy (non-hydrogen) atoms. The highest BCUT2D eigenvalue weighted by atomic mass is 15.1. The highest BCUT2D eigenvalue weighted by Gasteiger charge is 2.32. The largest absolute Gasteiger partial charge is 0.351 e. The zero-order valence-electron chi connectivity index (χ0n) is 7.36. The Labute approximate surface area is 76.6 Å². The van der Waals surface area contributed by atoms with E-state index in [1.165, 1.54) is 6.42 Å². The van der Waals surface area contributed by atoms with E-state index in [1.54, 1.807) is 12.3 Å². The van der Waals surface area contributed by atoms with Gasteiger partial charge in [0, 0.05) is 12.2 Å². The Bertz CT molecular complexity index is 355. The molecule has 4 heteroatoms. The van der Waals surface area contributed by atoms with Crippen LogP contribution in [0.3, 0.4) is 0 Å². The van der Waals surface area contributed by atoms with Crippen molar-refractivity contribution in [3.63, 3.8) is 0 Å². The summed E-state index contributed by atoms with van der Waals surface area (Å²) in [6, 6.07) is 4.07. The van der Waals surface area contributed by atoms with E-state index >= 15 is 0 Å². The second kappa shape index (κ2) is 3.02. The van der Waals surface area contributed by atoms with Crippen LogP contribution in [0.4, 0.5) is 5.95 Å². The molecule has 2 unspecified atom stereocenters. The van der Waals surface area contributed by atoms with Crippen molar-refractivity contribution in [1.82, 2.24) is 9.97 Å². The van der Waals surface area contributed by atoms with Crippen molar-refractivity contribution >= 4 is 5.95 Å². The molecule has 1 saturated carbocycles. The van der Waals surface area contributed by atoms with Crippen LogP contribution < -0.4 is 5.32 Å². The molecule has 1 aromatic rings. The number of hydrogen-bond acceptors (Lipinski definition) is 4. The van der Waals surface area contributed by atoms with Crippen LogP contribution in [0.15, 0.2) is 12.3 Å². The van der Waals surface area contributed by atoms with Crippen molar-refractivity contribution in [3.8, 4) is 6.07 Å². The minimum absolute atomic E-state index is 0.408. The van der Waals surface area contributed by atoms with Crippen molar-refractivity contribution in [2.75, 3.05) is 5.32 Å². The summed E-state index contributed by atoms with van der Waals surface area (Å²) in [5.41, 5.74) is 0.408. The lowest BCUT2D eigenvalue weighted by Gasteiger charge is -2.01. The third-order valence-corrected chi connectivity index (χ3v) is 2.19. The minimum atomic E-state index is 0.408. The lowest BCUT2D eigenvalue weighted by Crippen LogP contribution is -2.07. The summed E-state index contributed by atoms with van der Waals surface area (Å²) in [6.07, 6.45) is 2.76. The molecule has 0 spiro atoms. The Morgan fingerprint density at radius 1 is 1.69 bits per heavy atom. The molecule has 0 bridgehead atoms. The third-order valence-electron chi connectivity index (χ3n) is 2.19. The maximum atomic E-state index is 8.60. The average molecular weight is 174 g/mol. The van der Waals surface area contributed by atoms with Gasteiger partial charge in [-0.3, -0.25) is 0 Å². The van der Waals surface area contributed by atoms with Gasteiger partial charge < -0.3 is 5.32 Å². The SMILES string of the molecule is CC1CC1Nc1nccc(C#N)n1. The van der Waals surface area contributed by atoms with Gasteiger partial charge >= 0.3 is 0 Å². The normalized spacial score (nSPS) is 24.9. The Kier molecular flexibility index (Phi) is 1.85. The number of rotatable bonds is 2. The molecule has 0 radical (unpaired) electrons. The molecule has 1 aliphatic carbocycles. The first-order valence-corrected chi connectivity index (χ1v) is 4.29. The molecule has 1 heterocycles. The number of nitriles is 1.